The molecule has 8 nitrogen and oxygen atoms in total. The van der Waals surface area contributed by atoms with Crippen LogP contribution in [0.15, 0.2) is 50.8 Å². The second kappa shape index (κ2) is 10.00. The molecule has 0 aliphatic carbocycles. The highest BCUT2D eigenvalue weighted by molar-refractivity contribution is 9.10. The monoisotopic (exact) mass is 482 g/mol. The number of hydrogen-bond donors (Lipinski definition) is 0. The minimum Gasteiger partial charge on any atom is -0.474 e. The van der Waals surface area contributed by atoms with Gasteiger partial charge in [-0.15, -0.1) is 6.42 Å². The summed E-state index contributed by atoms with van der Waals surface area (Å²) in [6, 6.07) is 9.68. The third-order valence-corrected chi connectivity index (χ3v) is 4.94. The molecule has 1 aromatic heterocycles. The number of ether oxygens (including phenoxy) is 1. The topological polar surface area (TPSA) is 99.6 Å². The highest BCUT2D eigenvalue weighted by atomic mass is 79.9. The number of terminal acetylenes is 1. The van der Waals surface area contributed by atoms with E-state index < -0.39 is 4.92 Å². The van der Waals surface area contributed by atoms with E-state index in [-0.39, 0.29) is 23.6 Å². The predicted molar refractivity (Wildman–Crippen MR) is 123 cm³/mol. The number of aryl methyl sites for hydroxylation is 1. The summed E-state index contributed by atoms with van der Waals surface area (Å²) in [5.74, 6) is 2.87. The maximum Gasteiger partial charge on any atom is 0.311 e. The summed E-state index contributed by atoms with van der Waals surface area (Å²) in [5.41, 5.74) is 0.481. The first-order valence-corrected chi connectivity index (χ1v) is 10.3. The SMILES string of the molecule is C#CCOc1ccc(C=Nn2c(CCCC)nc3ccc(Br)cc3c2=O)cc1[N+](=O)[O-]. The molecule has 9 heteroatoms. The number of halogens is 1. The molecule has 0 saturated carbocycles. The van der Waals surface area contributed by atoms with E-state index in [9.17, 15) is 14.9 Å². The van der Waals surface area contributed by atoms with Crippen LogP contribution >= 0.6 is 15.9 Å². The van der Waals surface area contributed by atoms with Gasteiger partial charge in [0, 0.05) is 22.5 Å². The highest BCUT2D eigenvalue weighted by Gasteiger charge is 2.16. The molecule has 0 unspecified atom stereocenters. The number of nitro benzene ring substituents is 1. The number of rotatable bonds is 8. The molecule has 0 aliphatic heterocycles. The van der Waals surface area contributed by atoms with Gasteiger partial charge in [0.05, 0.1) is 22.0 Å². The van der Waals surface area contributed by atoms with Crippen molar-refractivity contribution in [2.45, 2.75) is 26.2 Å². The Morgan fingerprint density at radius 2 is 2.16 bits per heavy atom. The Morgan fingerprint density at radius 3 is 2.87 bits per heavy atom. The van der Waals surface area contributed by atoms with Gasteiger partial charge in [0.2, 0.25) is 0 Å². The lowest BCUT2D eigenvalue weighted by atomic mass is 10.2. The summed E-state index contributed by atoms with van der Waals surface area (Å²) in [5, 5.41) is 16.1. The van der Waals surface area contributed by atoms with Crippen molar-refractivity contribution in [2.75, 3.05) is 6.61 Å². The third-order valence-electron chi connectivity index (χ3n) is 4.44. The van der Waals surface area contributed by atoms with E-state index in [0.29, 0.717) is 28.7 Å². The number of benzene rings is 2. The van der Waals surface area contributed by atoms with Crippen LogP contribution in [0.1, 0.15) is 31.2 Å². The Bertz CT molecular complexity index is 1260. The molecule has 2 aromatic carbocycles. The fraction of sp³-hybridized carbons (Fsp3) is 0.227. The van der Waals surface area contributed by atoms with Gasteiger partial charge in [-0.05, 0) is 36.8 Å². The smallest absolute Gasteiger partial charge is 0.311 e. The number of fused-ring (bicyclic) bond motifs is 1. The number of aromatic nitrogens is 2. The first-order valence-electron chi connectivity index (χ1n) is 9.54. The van der Waals surface area contributed by atoms with Gasteiger partial charge in [0.1, 0.15) is 12.4 Å². The van der Waals surface area contributed by atoms with E-state index in [1.54, 1.807) is 18.2 Å². The molecule has 0 bridgehead atoms. The Balaban J connectivity index is 2.06. The Kier molecular flexibility index (Phi) is 7.15. The van der Waals surface area contributed by atoms with E-state index in [0.717, 1.165) is 17.3 Å². The molecule has 0 saturated heterocycles. The van der Waals surface area contributed by atoms with Crippen LogP contribution in [0.25, 0.3) is 10.9 Å². The molecule has 0 aliphatic rings. The van der Waals surface area contributed by atoms with E-state index in [1.807, 2.05) is 13.0 Å². The van der Waals surface area contributed by atoms with Crippen molar-refractivity contribution in [3.05, 3.63) is 72.7 Å². The summed E-state index contributed by atoms with van der Waals surface area (Å²) >= 11 is 3.37. The number of unbranched alkanes of at least 4 members (excludes halogenated alkanes) is 1. The lowest BCUT2D eigenvalue weighted by Crippen LogP contribution is -2.22. The summed E-state index contributed by atoms with van der Waals surface area (Å²) in [7, 11) is 0. The maximum absolute atomic E-state index is 13.1. The maximum atomic E-state index is 13.1. The van der Waals surface area contributed by atoms with E-state index >= 15 is 0 Å². The van der Waals surface area contributed by atoms with Crippen LogP contribution in [0.2, 0.25) is 0 Å². The zero-order valence-electron chi connectivity index (χ0n) is 16.7. The third kappa shape index (κ3) is 5.16. The van der Waals surface area contributed by atoms with Crippen molar-refractivity contribution in [1.82, 2.24) is 9.66 Å². The summed E-state index contributed by atoms with van der Waals surface area (Å²) in [6.45, 7) is 1.97. The van der Waals surface area contributed by atoms with Crippen LogP contribution in [-0.4, -0.2) is 27.4 Å². The van der Waals surface area contributed by atoms with Crippen LogP contribution in [0.3, 0.4) is 0 Å². The Morgan fingerprint density at radius 1 is 1.35 bits per heavy atom. The number of nitrogens with zero attached hydrogens (tertiary/aromatic N) is 4. The van der Waals surface area contributed by atoms with Crippen LogP contribution < -0.4 is 10.3 Å². The molecule has 158 valence electrons. The molecule has 0 fully saturated rings. The van der Waals surface area contributed by atoms with Crippen molar-refractivity contribution < 1.29 is 9.66 Å². The first-order chi connectivity index (χ1) is 14.9. The standard InChI is InChI=1S/C22H19BrN4O4/c1-3-5-6-21-25-18-9-8-16(23)13-17(18)22(28)26(21)24-14-15-7-10-20(31-11-4-2)19(12-15)27(29)30/h2,7-10,12-14H,3,5-6,11H2,1H3. The lowest BCUT2D eigenvalue weighted by molar-refractivity contribution is -0.385. The second-order valence-corrected chi connectivity index (χ2v) is 7.55. The minimum atomic E-state index is -0.558. The molecule has 0 amide bonds. The van der Waals surface area contributed by atoms with Crippen LogP contribution in [0.4, 0.5) is 5.69 Å². The van der Waals surface area contributed by atoms with Gasteiger partial charge in [-0.1, -0.05) is 35.2 Å². The minimum absolute atomic E-state index is 0.0677. The van der Waals surface area contributed by atoms with Crippen LogP contribution in [-0.2, 0) is 6.42 Å². The lowest BCUT2D eigenvalue weighted by Gasteiger charge is -2.09. The van der Waals surface area contributed by atoms with Gasteiger partial charge in [0.15, 0.2) is 5.75 Å². The molecule has 0 spiro atoms. The van der Waals surface area contributed by atoms with Gasteiger partial charge < -0.3 is 4.74 Å². The predicted octanol–water partition coefficient (Wildman–Crippen LogP) is 4.30. The van der Waals surface area contributed by atoms with Crippen molar-refractivity contribution in [2.24, 2.45) is 5.10 Å². The molecule has 31 heavy (non-hydrogen) atoms. The fourth-order valence-corrected chi connectivity index (χ4v) is 3.29. The molecule has 3 aromatic rings. The van der Waals surface area contributed by atoms with Gasteiger partial charge in [-0.2, -0.15) is 9.78 Å². The van der Waals surface area contributed by atoms with Gasteiger partial charge >= 0.3 is 5.69 Å². The van der Waals surface area contributed by atoms with Gasteiger partial charge in [-0.3, -0.25) is 14.9 Å². The average molecular weight is 483 g/mol. The highest BCUT2D eigenvalue weighted by Crippen LogP contribution is 2.27. The first kappa shape index (κ1) is 22.2. The molecule has 0 atom stereocenters. The van der Waals surface area contributed by atoms with E-state index in [1.165, 1.54) is 23.0 Å². The van der Waals surface area contributed by atoms with Gasteiger partial charge in [-0.25, -0.2) is 4.98 Å². The molecule has 1 heterocycles. The summed E-state index contributed by atoms with van der Waals surface area (Å²) in [6.07, 6.45) is 8.89. The zero-order chi connectivity index (χ0) is 22.4. The summed E-state index contributed by atoms with van der Waals surface area (Å²) in [4.78, 5) is 28.5. The molecular weight excluding hydrogens is 464 g/mol. The fourth-order valence-electron chi connectivity index (χ4n) is 2.93. The van der Waals surface area contributed by atoms with Crippen molar-refractivity contribution >= 4 is 38.7 Å². The molecule has 0 N–H and O–H groups in total. The van der Waals surface area contributed by atoms with Crippen molar-refractivity contribution in [3.63, 3.8) is 0 Å². The molecular formula is C22H19BrN4O4. The second-order valence-electron chi connectivity index (χ2n) is 6.63. The van der Waals surface area contributed by atoms with E-state index in [4.69, 9.17) is 11.2 Å². The van der Waals surface area contributed by atoms with Gasteiger partial charge in [0.25, 0.3) is 5.56 Å². The quantitative estimate of drug-likeness (QED) is 0.206. The summed E-state index contributed by atoms with van der Waals surface area (Å²) < 4.78 is 7.22. The molecule has 3 rings (SSSR count). The largest absolute Gasteiger partial charge is 0.474 e. The average Bonchev–Trinajstić information content (AvgIpc) is 2.76. The number of nitro groups is 1. The number of hydrogen-bond acceptors (Lipinski definition) is 6. The Hall–Kier alpha value is -3.51. The van der Waals surface area contributed by atoms with Crippen LogP contribution in [0.5, 0.6) is 5.75 Å². The molecule has 0 radical (unpaired) electrons. The normalized spacial score (nSPS) is 11.0. The zero-order valence-corrected chi connectivity index (χ0v) is 18.3. The van der Waals surface area contributed by atoms with Crippen molar-refractivity contribution in [3.8, 4) is 18.1 Å². The van der Waals surface area contributed by atoms with Crippen molar-refractivity contribution in [1.29, 1.82) is 0 Å². The van der Waals surface area contributed by atoms with E-state index in [2.05, 4.69) is 31.9 Å². The van der Waals surface area contributed by atoms with Crippen LogP contribution in [0, 0.1) is 22.5 Å². The Labute approximate surface area is 186 Å².